The molecule has 0 aliphatic carbocycles. The van der Waals surface area contributed by atoms with Crippen molar-refractivity contribution in [2.75, 3.05) is 11.4 Å². The van der Waals surface area contributed by atoms with Gasteiger partial charge in [-0.3, -0.25) is 14.9 Å². The number of nitro benzene ring substituents is 1. The Labute approximate surface area is 113 Å². The highest BCUT2D eigenvalue weighted by molar-refractivity contribution is 9.09. The maximum absolute atomic E-state index is 11.9. The topological polar surface area (TPSA) is 63.5 Å². The molecule has 1 heterocycles. The van der Waals surface area contributed by atoms with Gasteiger partial charge in [-0.15, -0.1) is 0 Å². The summed E-state index contributed by atoms with van der Waals surface area (Å²) in [7, 11) is 0. The van der Waals surface area contributed by atoms with Crippen molar-refractivity contribution >= 4 is 33.2 Å². The summed E-state index contributed by atoms with van der Waals surface area (Å²) in [6, 6.07) is 4.69. The number of hydrogen-bond acceptors (Lipinski definition) is 3. The first-order valence-electron chi connectivity index (χ1n) is 5.74. The van der Waals surface area contributed by atoms with Gasteiger partial charge >= 0.3 is 0 Å². The number of aryl methyl sites for hydroxylation is 1. The van der Waals surface area contributed by atoms with E-state index in [0.29, 0.717) is 18.7 Å². The molecule has 1 fully saturated rings. The number of benzene rings is 1. The van der Waals surface area contributed by atoms with Crippen LogP contribution in [0.15, 0.2) is 18.2 Å². The van der Waals surface area contributed by atoms with Crippen LogP contribution in [-0.4, -0.2) is 22.2 Å². The summed E-state index contributed by atoms with van der Waals surface area (Å²) in [5.41, 5.74) is 1.64. The molecule has 0 radical (unpaired) electrons. The first-order valence-corrected chi connectivity index (χ1v) is 6.66. The molecular weight excluding hydrogens is 300 g/mol. The molecule has 0 aromatic heterocycles. The molecule has 1 amide bonds. The van der Waals surface area contributed by atoms with Crippen molar-refractivity contribution in [1.82, 2.24) is 0 Å². The second-order valence-corrected chi connectivity index (χ2v) is 5.52. The van der Waals surface area contributed by atoms with Crippen LogP contribution in [0.25, 0.3) is 0 Å². The molecule has 18 heavy (non-hydrogen) atoms. The first-order chi connectivity index (χ1) is 8.52. The SMILES string of the molecule is CCc1ccc([N+](=O)[O-])cc1N1CC(Br)CC1=O. The number of carbonyl (C=O) groups excluding carboxylic acids is 1. The number of anilines is 1. The lowest BCUT2D eigenvalue weighted by atomic mass is 10.1. The maximum atomic E-state index is 11.9. The Hall–Kier alpha value is -1.43. The van der Waals surface area contributed by atoms with Crippen LogP contribution in [0.5, 0.6) is 0 Å². The Morgan fingerprint density at radius 1 is 1.56 bits per heavy atom. The van der Waals surface area contributed by atoms with Crippen LogP contribution in [0.3, 0.4) is 0 Å². The van der Waals surface area contributed by atoms with Gasteiger partial charge in [0.2, 0.25) is 5.91 Å². The summed E-state index contributed by atoms with van der Waals surface area (Å²) in [5, 5.41) is 10.8. The Morgan fingerprint density at radius 2 is 2.28 bits per heavy atom. The zero-order valence-corrected chi connectivity index (χ0v) is 11.5. The van der Waals surface area contributed by atoms with E-state index in [0.717, 1.165) is 12.0 Å². The van der Waals surface area contributed by atoms with Crippen LogP contribution in [0.1, 0.15) is 18.9 Å². The summed E-state index contributed by atoms with van der Waals surface area (Å²) in [4.78, 5) is 24.0. The van der Waals surface area contributed by atoms with Gasteiger partial charge in [0, 0.05) is 29.9 Å². The van der Waals surface area contributed by atoms with E-state index in [1.807, 2.05) is 6.92 Å². The van der Waals surface area contributed by atoms with E-state index >= 15 is 0 Å². The molecule has 0 saturated carbocycles. The van der Waals surface area contributed by atoms with E-state index in [2.05, 4.69) is 15.9 Å². The van der Waals surface area contributed by atoms with Gasteiger partial charge < -0.3 is 4.90 Å². The molecule has 0 spiro atoms. The van der Waals surface area contributed by atoms with Crippen LogP contribution in [-0.2, 0) is 11.2 Å². The number of hydrogen-bond donors (Lipinski definition) is 0. The third-order valence-electron chi connectivity index (χ3n) is 3.03. The Kier molecular flexibility index (Phi) is 3.65. The third kappa shape index (κ3) is 2.38. The van der Waals surface area contributed by atoms with Gasteiger partial charge in [-0.1, -0.05) is 28.9 Å². The van der Waals surface area contributed by atoms with E-state index < -0.39 is 4.92 Å². The average molecular weight is 313 g/mol. The fourth-order valence-electron chi connectivity index (χ4n) is 2.11. The van der Waals surface area contributed by atoms with Crippen LogP contribution < -0.4 is 4.90 Å². The second kappa shape index (κ2) is 5.06. The van der Waals surface area contributed by atoms with Gasteiger partial charge in [0.15, 0.2) is 0 Å². The molecule has 6 heteroatoms. The minimum absolute atomic E-state index is 0.00655. The van der Waals surface area contributed by atoms with E-state index in [1.54, 1.807) is 11.0 Å². The molecule has 2 rings (SSSR count). The molecule has 0 bridgehead atoms. The summed E-state index contributed by atoms with van der Waals surface area (Å²) in [5.74, 6) is 0.00655. The number of amides is 1. The zero-order chi connectivity index (χ0) is 13.3. The van der Waals surface area contributed by atoms with Crippen molar-refractivity contribution in [3.8, 4) is 0 Å². The van der Waals surface area contributed by atoms with Gasteiger partial charge in [-0.25, -0.2) is 0 Å². The van der Waals surface area contributed by atoms with Crippen molar-refractivity contribution in [2.45, 2.75) is 24.6 Å². The quantitative estimate of drug-likeness (QED) is 0.489. The van der Waals surface area contributed by atoms with E-state index in [-0.39, 0.29) is 16.4 Å². The van der Waals surface area contributed by atoms with Crippen LogP contribution >= 0.6 is 15.9 Å². The molecule has 1 saturated heterocycles. The van der Waals surface area contributed by atoms with Gasteiger partial charge in [0.1, 0.15) is 0 Å². The molecule has 0 N–H and O–H groups in total. The van der Waals surface area contributed by atoms with Crippen molar-refractivity contribution in [3.05, 3.63) is 33.9 Å². The highest BCUT2D eigenvalue weighted by atomic mass is 79.9. The fraction of sp³-hybridized carbons (Fsp3) is 0.417. The highest BCUT2D eigenvalue weighted by Gasteiger charge is 2.30. The Bertz CT molecular complexity index is 504. The predicted octanol–water partition coefficient (Wildman–Crippen LogP) is 2.66. The molecule has 1 aromatic rings. The summed E-state index contributed by atoms with van der Waals surface area (Å²) in [6.07, 6.45) is 1.18. The highest BCUT2D eigenvalue weighted by Crippen LogP contribution is 2.31. The number of rotatable bonds is 3. The van der Waals surface area contributed by atoms with Gasteiger partial charge in [0.05, 0.1) is 10.6 Å². The molecule has 1 aromatic carbocycles. The van der Waals surface area contributed by atoms with E-state index in [4.69, 9.17) is 0 Å². The summed E-state index contributed by atoms with van der Waals surface area (Å²) < 4.78 is 0. The Balaban J connectivity index is 2.44. The number of non-ortho nitro benzene ring substituents is 1. The fourth-order valence-corrected chi connectivity index (χ4v) is 2.68. The van der Waals surface area contributed by atoms with E-state index in [1.165, 1.54) is 12.1 Å². The average Bonchev–Trinajstić information content (AvgIpc) is 2.67. The normalized spacial score (nSPS) is 19.3. The minimum atomic E-state index is -0.435. The molecule has 96 valence electrons. The lowest BCUT2D eigenvalue weighted by Gasteiger charge is -2.19. The van der Waals surface area contributed by atoms with E-state index in [9.17, 15) is 14.9 Å². The number of nitro groups is 1. The first kappa shape index (κ1) is 13.0. The number of carbonyl (C=O) groups is 1. The second-order valence-electron chi connectivity index (χ2n) is 4.23. The smallest absolute Gasteiger partial charge is 0.271 e. The summed E-state index contributed by atoms with van der Waals surface area (Å²) >= 11 is 3.41. The van der Waals surface area contributed by atoms with Gasteiger partial charge in [0.25, 0.3) is 5.69 Å². The monoisotopic (exact) mass is 312 g/mol. The number of alkyl halides is 1. The third-order valence-corrected chi connectivity index (χ3v) is 3.64. The van der Waals surface area contributed by atoms with Crippen LogP contribution in [0, 0.1) is 10.1 Å². The molecule has 1 aliphatic heterocycles. The molecule has 5 nitrogen and oxygen atoms in total. The standard InChI is InChI=1S/C12H13BrN2O3/c1-2-8-3-4-10(15(17)18)6-11(8)14-7-9(13)5-12(14)16/h3-4,6,9H,2,5,7H2,1H3. The lowest BCUT2D eigenvalue weighted by molar-refractivity contribution is -0.384. The van der Waals surface area contributed by atoms with Crippen LogP contribution in [0.4, 0.5) is 11.4 Å². The molecular formula is C12H13BrN2O3. The van der Waals surface area contributed by atoms with Crippen molar-refractivity contribution < 1.29 is 9.72 Å². The van der Waals surface area contributed by atoms with Crippen molar-refractivity contribution in [1.29, 1.82) is 0 Å². The molecule has 1 aliphatic rings. The number of halogens is 1. The maximum Gasteiger partial charge on any atom is 0.271 e. The minimum Gasteiger partial charge on any atom is -0.311 e. The number of nitrogens with zero attached hydrogens (tertiary/aromatic N) is 2. The van der Waals surface area contributed by atoms with Crippen molar-refractivity contribution in [2.24, 2.45) is 0 Å². The zero-order valence-electron chi connectivity index (χ0n) is 9.93. The van der Waals surface area contributed by atoms with Crippen molar-refractivity contribution in [3.63, 3.8) is 0 Å². The van der Waals surface area contributed by atoms with Crippen LogP contribution in [0.2, 0.25) is 0 Å². The predicted molar refractivity (Wildman–Crippen MR) is 72.2 cm³/mol. The molecule has 1 atom stereocenters. The molecule has 1 unspecified atom stereocenters. The van der Waals surface area contributed by atoms with Gasteiger partial charge in [-0.2, -0.15) is 0 Å². The van der Waals surface area contributed by atoms with Gasteiger partial charge in [-0.05, 0) is 12.0 Å². The Morgan fingerprint density at radius 3 is 2.78 bits per heavy atom. The lowest BCUT2D eigenvalue weighted by Crippen LogP contribution is -2.25. The summed E-state index contributed by atoms with van der Waals surface area (Å²) in [6.45, 7) is 2.53. The largest absolute Gasteiger partial charge is 0.311 e.